The largest absolute Gasteiger partial charge is 0.353 e. The molecule has 1 amide bonds. The summed E-state index contributed by atoms with van der Waals surface area (Å²) in [6.07, 6.45) is 1.14. The van der Waals surface area contributed by atoms with E-state index < -0.39 is 16.1 Å². The number of carbonyl (C=O) groups excluding carboxylic acids is 1. The number of rotatable bonds is 3. The Morgan fingerprint density at radius 2 is 2.22 bits per heavy atom. The van der Waals surface area contributed by atoms with Gasteiger partial charge in [0.1, 0.15) is 22.7 Å². The lowest BCUT2D eigenvalue weighted by Crippen LogP contribution is -2.51. The van der Waals surface area contributed by atoms with Gasteiger partial charge >= 0.3 is 0 Å². The van der Waals surface area contributed by atoms with Crippen LogP contribution >= 0.6 is 11.3 Å². The molecule has 9 heteroatoms. The molecule has 1 N–H and O–H groups in total. The molecule has 0 spiro atoms. The van der Waals surface area contributed by atoms with Gasteiger partial charge < -0.3 is 5.32 Å². The molecule has 2 aromatic heterocycles. The Labute approximate surface area is 137 Å². The van der Waals surface area contributed by atoms with Gasteiger partial charge in [0.15, 0.2) is 0 Å². The number of nitrogens with one attached hydrogen (secondary N) is 1. The summed E-state index contributed by atoms with van der Waals surface area (Å²) in [4.78, 5) is 16.6. The lowest BCUT2D eigenvalue weighted by atomic mass is 10.2. The Bertz CT molecular complexity index is 854. The Morgan fingerprint density at radius 3 is 2.83 bits per heavy atom. The van der Waals surface area contributed by atoms with Gasteiger partial charge in [-0.1, -0.05) is 6.07 Å². The highest BCUT2D eigenvalue weighted by molar-refractivity contribution is 7.89. The van der Waals surface area contributed by atoms with Crippen LogP contribution in [0, 0.1) is 11.3 Å². The number of nitrogens with zero attached hydrogens (tertiary/aromatic N) is 3. The second-order valence-corrected chi connectivity index (χ2v) is 7.69. The van der Waals surface area contributed by atoms with Gasteiger partial charge in [-0.2, -0.15) is 9.57 Å². The molecule has 0 bridgehead atoms. The summed E-state index contributed by atoms with van der Waals surface area (Å²) in [5, 5.41) is 13.2. The third kappa shape index (κ3) is 2.84. The zero-order valence-electron chi connectivity index (χ0n) is 11.8. The molecule has 1 saturated heterocycles. The lowest BCUT2D eigenvalue weighted by Gasteiger charge is -2.33. The molecule has 2 aromatic rings. The maximum absolute atomic E-state index is 12.9. The molecular formula is C14H12N4O3S2. The second-order valence-electron chi connectivity index (χ2n) is 4.82. The fourth-order valence-corrected chi connectivity index (χ4v) is 4.77. The number of hydrogen-bond acceptors (Lipinski definition) is 6. The lowest BCUT2D eigenvalue weighted by molar-refractivity contribution is -0.126. The van der Waals surface area contributed by atoms with E-state index in [4.69, 9.17) is 5.26 Å². The van der Waals surface area contributed by atoms with E-state index in [0.29, 0.717) is 4.88 Å². The maximum atomic E-state index is 12.9. The molecule has 1 aliphatic heterocycles. The monoisotopic (exact) mass is 348 g/mol. The van der Waals surface area contributed by atoms with Crippen LogP contribution in [0.5, 0.6) is 0 Å². The van der Waals surface area contributed by atoms with Crippen molar-refractivity contribution < 1.29 is 13.2 Å². The van der Waals surface area contributed by atoms with Crippen LogP contribution in [0.2, 0.25) is 0 Å². The normalized spacial score (nSPS) is 19.1. The number of pyridine rings is 1. The third-order valence-corrected chi connectivity index (χ3v) is 6.21. The van der Waals surface area contributed by atoms with Crippen molar-refractivity contribution in [2.24, 2.45) is 0 Å². The fraction of sp³-hybridized carbons (Fsp3) is 0.214. The molecule has 3 rings (SSSR count). The molecule has 0 unspecified atom stereocenters. The van der Waals surface area contributed by atoms with Crippen LogP contribution in [0.3, 0.4) is 0 Å². The molecule has 23 heavy (non-hydrogen) atoms. The fourth-order valence-electron chi connectivity index (χ4n) is 2.36. The first-order valence-corrected chi connectivity index (χ1v) is 9.05. The summed E-state index contributed by atoms with van der Waals surface area (Å²) >= 11 is 1.33. The maximum Gasteiger partial charge on any atom is 0.245 e. The van der Waals surface area contributed by atoms with Gasteiger partial charge in [-0.15, -0.1) is 11.3 Å². The molecule has 118 valence electrons. The van der Waals surface area contributed by atoms with Crippen molar-refractivity contribution in [3.63, 3.8) is 0 Å². The molecule has 1 fully saturated rings. The van der Waals surface area contributed by atoms with E-state index in [9.17, 15) is 13.2 Å². The highest BCUT2D eigenvalue weighted by atomic mass is 32.2. The second kappa shape index (κ2) is 6.08. The summed E-state index contributed by atoms with van der Waals surface area (Å²) in [5.41, 5.74) is 0.134. The Hall–Kier alpha value is -2.28. The van der Waals surface area contributed by atoms with E-state index in [0.717, 1.165) is 6.20 Å². The zero-order valence-corrected chi connectivity index (χ0v) is 13.5. The number of carbonyl (C=O) groups is 1. The van der Waals surface area contributed by atoms with Gasteiger partial charge in [-0.3, -0.25) is 4.79 Å². The van der Waals surface area contributed by atoms with Crippen LogP contribution in [0.15, 0.2) is 40.7 Å². The summed E-state index contributed by atoms with van der Waals surface area (Å²) in [6.45, 7) is 0.431. The van der Waals surface area contributed by atoms with Gasteiger partial charge in [0.05, 0.1) is 0 Å². The molecular weight excluding hydrogens is 336 g/mol. The zero-order chi connectivity index (χ0) is 16.4. The average molecular weight is 348 g/mol. The molecule has 0 aromatic carbocycles. The highest BCUT2D eigenvalue weighted by Gasteiger charge is 2.40. The van der Waals surface area contributed by atoms with E-state index in [2.05, 4.69) is 10.3 Å². The molecule has 1 aliphatic rings. The summed E-state index contributed by atoms with van der Waals surface area (Å²) in [7, 11) is -3.89. The van der Waals surface area contributed by atoms with E-state index in [1.54, 1.807) is 17.5 Å². The number of sulfonamides is 1. The summed E-state index contributed by atoms with van der Waals surface area (Å²) < 4.78 is 26.9. The van der Waals surface area contributed by atoms with Crippen molar-refractivity contribution in [3.05, 3.63) is 46.4 Å². The van der Waals surface area contributed by atoms with E-state index >= 15 is 0 Å². The first-order valence-electron chi connectivity index (χ1n) is 6.73. The van der Waals surface area contributed by atoms with Crippen molar-refractivity contribution in [3.8, 4) is 6.07 Å². The first kappa shape index (κ1) is 15.6. The van der Waals surface area contributed by atoms with Gasteiger partial charge in [0.25, 0.3) is 0 Å². The summed E-state index contributed by atoms with van der Waals surface area (Å²) in [5.74, 6) is -0.344. The number of piperazine rings is 1. The smallest absolute Gasteiger partial charge is 0.245 e. The van der Waals surface area contributed by atoms with Crippen molar-refractivity contribution in [2.45, 2.75) is 10.9 Å². The number of amides is 1. The SMILES string of the molecule is N#Cc1ccc(S(=O)(=O)N2CCNC(=O)[C@H]2c2cccs2)cn1. The molecule has 0 radical (unpaired) electrons. The van der Waals surface area contributed by atoms with Crippen LogP contribution in [-0.2, 0) is 14.8 Å². The Balaban J connectivity index is 2.02. The van der Waals surface area contributed by atoms with Gasteiger partial charge in [-0.25, -0.2) is 13.4 Å². The van der Waals surface area contributed by atoms with Gasteiger partial charge in [0, 0.05) is 24.2 Å². The van der Waals surface area contributed by atoms with Crippen LogP contribution in [0.4, 0.5) is 0 Å². The highest BCUT2D eigenvalue weighted by Crippen LogP contribution is 2.31. The molecule has 7 nitrogen and oxygen atoms in total. The standard InChI is InChI=1S/C14H12N4O3S2/c15-8-10-3-4-11(9-17-10)23(20,21)18-6-5-16-14(19)13(18)12-2-1-7-22-12/h1-4,7,9,13H,5-6H2,(H,16,19)/t13-/m1/s1. The molecule has 0 saturated carbocycles. The Kier molecular flexibility index (Phi) is 4.12. The average Bonchev–Trinajstić information content (AvgIpc) is 3.08. The number of aromatic nitrogens is 1. The minimum Gasteiger partial charge on any atom is -0.353 e. The predicted molar refractivity (Wildman–Crippen MR) is 82.9 cm³/mol. The van der Waals surface area contributed by atoms with Crippen LogP contribution in [-0.4, -0.2) is 36.7 Å². The van der Waals surface area contributed by atoms with E-state index in [1.807, 2.05) is 6.07 Å². The predicted octanol–water partition coefficient (Wildman–Crippen LogP) is 0.877. The molecule has 0 aliphatic carbocycles. The quantitative estimate of drug-likeness (QED) is 0.887. The molecule has 1 atom stereocenters. The number of hydrogen-bond donors (Lipinski definition) is 1. The van der Waals surface area contributed by atoms with Crippen molar-refractivity contribution >= 4 is 27.3 Å². The van der Waals surface area contributed by atoms with Crippen LogP contribution < -0.4 is 5.32 Å². The number of thiophene rings is 1. The minimum atomic E-state index is -3.89. The van der Waals surface area contributed by atoms with Crippen molar-refractivity contribution in [1.29, 1.82) is 5.26 Å². The minimum absolute atomic E-state index is 0.0345. The Morgan fingerprint density at radius 1 is 1.39 bits per heavy atom. The van der Waals surface area contributed by atoms with Crippen molar-refractivity contribution in [2.75, 3.05) is 13.1 Å². The summed E-state index contributed by atoms with van der Waals surface area (Å²) in [6, 6.07) is 7.14. The number of nitriles is 1. The van der Waals surface area contributed by atoms with Gasteiger partial charge in [0.2, 0.25) is 15.9 Å². The van der Waals surface area contributed by atoms with Gasteiger partial charge in [-0.05, 0) is 23.6 Å². The van der Waals surface area contributed by atoms with Crippen LogP contribution in [0.1, 0.15) is 16.6 Å². The molecule has 3 heterocycles. The topological polar surface area (TPSA) is 103 Å². The van der Waals surface area contributed by atoms with E-state index in [-0.39, 0.29) is 29.6 Å². The van der Waals surface area contributed by atoms with E-state index in [1.165, 1.54) is 27.8 Å². The third-order valence-electron chi connectivity index (χ3n) is 3.44. The van der Waals surface area contributed by atoms with Crippen LogP contribution in [0.25, 0.3) is 0 Å². The van der Waals surface area contributed by atoms with Crippen molar-refractivity contribution in [1.82, 2.24) is 14.6 Å². The first-order chi connectivity index (χ1) is 11.0.